The molecule has 0 atom stereocenters. The van der Waals surface area contributed by atoms with Gasteiger partial charge in [-0.2, -0.15) is 0 Å². The van der Waals surface area contributed by atoms with Gasteiger partial charge in [0.05, 0.1) is 0 Å². The van der Waals surface area contributed by atoms with Crippen LogP contribution >= 0.6 is 17.0 Å². The normalized spacial score (nSPS) is 14.0. The fraction of sp³-hybridized carbons (Fsp3) is 1.00. The van der Waals surface area contributed by atoms with Gasteiger partial charge in [-0.25, -0.2) is 0 Å². The topological polar surface area (TPSA) is 24.1 Å². The molecule has 0 saturated carbocycles. The van der Waals surface area contributed by atoms with Gasteiger partial charge in [-0.1, -0.05) is 0 Å². The molecule has 1 saturated heterocycles. The number of hydrogen-bond acceptors (Lipinski definition) is 2. The van der Waals surface area contributed by atoms with E-state index in [4.69, 9.17) is 17.0 Å². The zero-order valence-electron chi connectivity index (χ0n) is 6.24. The fourth-order valence-corrected chi connectivity index (χ4v) is 0.604. The molecule has 1 heterocycles. The first-order valence-corrected chi connectivity index (χ1v) is 9.12. The van der Waals surface area contributed by atoms with E-state index in [-0.39, 0.29) is 16.8 Å². The summed E-state index contributed by atoms with van der Waals surface area (Å²) in [5.74, 6) is 0. The Kier molecular flexibility index (Phi) is 29.3. The molecular weight excluding hydrogens is 260 g/mol. The molecule has 11 heavy (non-hydrogen) atoms. The minimum absolute atomic E-state index is 0. The van der Waals surface area contributed by atoms with E-state index < -0.39 is 20.8 Å². The summed E-state index contributed by atoms with van der Waals surface area (Å²) in [5, 5.41) is 6.44. The Morgan fingerprint density at radius 1 is 0.818 bits per heavy atom. The van der Waals surface area contributed by atoms with Crippen molar-refractivity contribution in [3.8, 4) is 0 Å². The van der Waals surface area contributed by atoms with E-state index in [0.29, 0.717) is 0 Å². The predicted molar refractivity (Wildman–Crippen MR) is 49.0 cm³/mol. The Hall–Kier alpha value is 1.51. The van der Waals surface area contributed by atoms with Crippen LogP contribution in [-0.4, -0.2) is 43.0 Å². The Morgan fingerprint density at radius 2 is 1.00 bits per heavy atom. The van der Waals surface area contributed by atoms with Gasteiger partial charge < -0.3 is 27.5 Å². The van der Waals surface area contributed by atoms with E-state index in [1.165, 1.54) is 0 Å². The van der Waals surface area contributed by atoms with E-state index in [1.54, 1.807) is 0 Å². The van der Waals surface area contributed by atoms with Crippen LogP contribution in [0.2, 0.25) is 0 Å². The summed E-state index contributed by atoms with van der Waals surface area (Å²) in [4.78, 5) is 0. The first kappa shape index (κ1) is 18.3. The summed E-state index contributed by atoms with van der Waals surface area (Å²) in [6, 6.07) is 0. The Bertz CT molecular complexity index is 47.8. The molecule has 0 aliphatic carbocycles. The first-order valence-electron chi connectivity index (χ1n) is 2.79. The molecular formula is C4H10B2Cl2N2Zr. The molecule has 2 nitrogen and oxygen atoms in total. The van der Waals surface area contributed by atoms with Crippen molar-refractivity contribution < 1.29 is 20.8 Å². The number of hydrogen-bond donors (Lipinski definition) is 2. The van der Waals surface area contributed by atoms with Crippen molar-refractivity contribution in [1.82, 2.24) is 10.6 Å². The SMILES string of the molecule is C1CNCCN1.[B-].[B-].[Cl][Zr+2][Cl]. The fourth-order valence-electron chi connectivity index (χ4n) is 0.604. The van der Waals surface area contributed by atoms with Crippen LogP contribution in [0.15, 0.2) is 0 Å². The van der Waals surface area contributed by atoms with Crippen LogP contribution < -0.4 is 10.6 Å². The van der Waals surface area contributed by atoms with Gasteiger partial charge >= 0.3 is 37.9 Å². The molecule has 1 fully saturated rings. The minimum atomic E-state index is -0.826. The molecule has 0 aromatic carbocycles. The van der Waals surface area contributed by atoms with Crippen molar-refractivity contribution in [2.45, 2.75) is 0 Å². The van der Waals surface area contributed by atoms with Crippen molar-refractivity contribution in [1.29, 1.82) is 0 Å². The summed E-state index contributed by atoms with van der Waals surface area (Å²) in [7, 11) is 9.87. The second kappa shape index (κ2) is 17.6. The van der Waals surface area contributed by atoms with E-state index >= 15 is 0 Å². The van der Waals surface area contributed by atoms with Crippen molar-refractivity contribution in [2.24, 2.45) is 0 Å². The summed E-state index contributed by atoms with van der Waals surface area (Å²) in [6.07, 6.45) is 0. The maximum atomic E-state index is 4.93. The third-order valence-electron chi connectivity index (χ3n) is 0.957. The second-order valence-electron chi connectivity index (χ2n) is 1.57. The van der Waals surface area contributed by atoms with Gasteiger partial charge in [0.15, 0.2) is 0 Å². The number of rotatable bonds is 0. The zero-order valence-corrected chi connectivity index (χ0v) is 10.2. The van der Waals surface area contributed by atoms with Gasteiger partial charge in [-0.3, -0.25) is 0 Å². The summed E-state index contributed by atoms with van der Waals surface area (Å²) in [6.45, 7) is 4.56. The van der Waals surface area contributed by atoms with Crippen molar-refractivity contribution in [3.63, 3.8) is 0 Å². The van der Waals surface area contributed by atoms with Crippen LogP contribution in [-0.2, 0) is 20.8 Å². The number of halogens is 2. The molecule has 1 aliphatic heterocycles. The Labute approximate surface area is 91.0 Å². The number of piperazine rings is 1. The van der Waals surface area contributed by atoms with Crippen LogP contribution in [0, 0.1) is 0 Å². The third kappa shape index (κ3) is 18.5. The van der Waals surface area contributed by atoms with Crippen LogP contribution in [0.5, 0.6) is 0 Å². The van der Waals surface area contributed by atoms with Gasteiger partial charge in [0.1, 0.15) is 0 Å². The average molecular weight is 270 g/mol. The van der Waals surface area contributed by atoms with Crippen LogP contribution in [0.1, 0.15) is 0 Å². The first-order chi connectivity index (χ1) is 4.41. The molecule has 7 heteroatoms. The molecule has 0 bridgehead atoms. The average Bonchev–Trinajstić information content (AvgIpc) is 1.93. The van der Waals surface area contributed by atoms with Crippen LogP contribution in [0.3, 0.4) is 0 Å². The molecule has 0 aromatic heterocycles. The molecule has 1 aliphatic rings. The standard InChI is InChI=1S/C4H10N2.2B.2ClH.Zr/c1-2-6-4-3-5-1;;;;;/h5-6H,1-4H2;;;2*1H;/q;2*-1;;;+4/p-2. The van der Waals surface area contributed by atoms with Gasteiger partial charge in [0.25, 0.3) is 0 Å². The Balaban J connectivity index is -0.000000116. The zero-order chi connectivity index (χ0) is 6.95. The van der Waals surface area contributed by atoms with E-state index in [0.717, 1.165) is 26.2 Å². The molecule has 0 aromatic rings. The monoisotopic (exact) mass is 268 g/mol. The summed E-state index contributed by atoms with van der Waals surface area (Å²) >= 11 is -0.826. The van der Waals surface area contributed by atoms with E-state index in [9.17, 15) is 0 Å². The molecule has 60 valence electrons. The molecule has 1 rings (SSSR count). The van der Waals surface area contributed by atoms with Gasteiger partial charge in [0.2, 0.25) is 0 Å². The van der Waals surface area contributed by atoms with E-state index in [2.05, 4.69) is 10.6 Å². The van der Waals surface area contributed by atoms with Gasteiger partial charge in [0, 0.05) is 26.2 Å². The van der Waals surface area contributed by atoms with Crippen LogP contribution in [0.4, 0.5) is 0 Å². The van der Waals surface area contributed by atoms with E-state index in [1.807, 2.05) is 0 Å². The third-order valence-corrected chi connectivity index (χ3v) is 0.957. The van der Waals surface area contributed by atoms with Gasteiger partial charge in [-0.05, 0) is 0 Å². The summed E-state index contributed by atoms with van der Waals surface area (Å²) < 4.78 is 0. The predicted octanol–water partition coefficient (Wildman–Crippen LogP) is -0.206. The van der Waals surface area contributed by atoms with Crippen molar-refractivity contribution in [2.75, 3.05) is 26.2 Å². The van der Waals surface area contributed by atoms with Gasteiger partial charge in [-0.15, -0.1) is 0 Å². The Morgan fingerprint density at radius 3 is 1.09 bits per heavy atom. The second-order valence-corrected chi connectivity index (χ2v) is 5.30. The number of nitrogens with one attached hydrogen (secondary N) is 2. The molecule has 0 unspecified atom stereocenters. The molecule has 8 radical (unpaired) electrons. The quantitative estimate of drug-likeness (QED) is 0.595. The van der Waals surface area contributed by atoms with Crippen molar-refractivity contribution >= 4 is 33.9 Å². The summed E-state index contributed by atoms with van der Waals surface area (Å²) in [5.41, 5.74) is 0. The van der Waals surface area contributed by atoms with Crippen molar-refractivity contribution in [3.05, 3.63) is 0 Å². The van der Waals surface area contributed by atoms with Crippen LogP contribution in [0.25, 0.3) is 0 Å². The maximum absolute atomic E-state index is 4.93. The molecule has 0 amide bonds. The molecule has 2 N–H and O–H groups in total. The molecule has 0 spiro atoms.